The molecule has 0 aromatic carbocycles. The minimum Gasteiger partial charge on any atom is -0.206 e. The molecule has 7 heteroatoms. The van der Waals surface area contributed by atoms with Gasteiger partial charge in [-0.25, -0.2) is 8.78 Å². The number of nitrogens with zero attached hydrogens (tertiary/aromatic N) is 2. The molecule has 1 rings (SSSR count). The molecule has 3 unspecified atom stereocenters. The molecule has 1 aliphatic carbocycles. The van der Waals surface area contributed by atoms with Gasteiger partial charge in [0.25, 0.3) is 5.92 Å². The Morgan fingerprint density at radius 3 is 1.81 bits per heavy atom. The van der Waals surface area contributed by atoms with E-state index < -0.39 is 35.8 Å². The Bertz CT molecular complexity index is 375. The summed E-state index contributed by atoms with van der Waals surface area (Å²) in [6, 6.07) is 2.61. The summed E-state index contributed by atoms with van der Waals surface area (Å²) in [6.45, 7) is 1.04. The molecule has 0 heterocycles. The van der Waals surface area contributed by atoms with Crippen LogP contribution >= 0.6 is 0 Å². The first-order chi connectivity index (χ1) is 7.14. The maximum atomic E-state index is 12.9. The second-order valence-corrected chi connectivity index (χ2v) is 3.87. The van der Waals surface area contributed by atoms with E-state index in [0.717, 1.165) is 6.92 Å². The van der Waals surface area contributed by atoms with Crippen LogP contribution in [-0.4, -0.2) is 12.1 Å². The Morgan fingerprint density at radius 2 is 1.62 bits per heavy atom. The predicted molar refractivity (Wildman–Crippen MR) is 41.9 cm³/mol. The third-order valence-corrected chi connectivity index (χ3v) is 2.91. The number of nitriles is 2. The van der Waals surface area contributed by atoms with E-state index in [0.29, 0.717) is 0 Å². The average molecular weight is 238 g/mol. The number of alkyl halides is 5. The van der Waals surface area contributed by atoms with E-state index in [1.54, 1.807) is 0 Å². The molecular formula is C9H7F5N2. The zero-order valence-electron chi connectivity index (χ0n) is 8.15. The van der Waals surface area contributed by atoms with Crippen LogP contribution in [0.4, 0.5) is 22.0 Å². The molecule has 0 aliphatic heterocycles. The highest BCUT2D eigenvalue weighted by molar-refractivity contribution is 5.23. The third-order valence-electron chi connectivity index (χ3n) is 2.91. The van der Waals surface area contributed by atoms with E-state index >= 15 is 0 Å². The van der Waals surface area contributed by atoms with Crippen molar-refractivity contribution in [1.82, 2.24) is 0 Å². The molecule has 88 valence electrons. The maximum Gasteiger partial charge on any atom is 0.401 e. The lowest BCUT2D eigenvalue weighted by Gasteiger charge is -2.25. The van der Waals surface area contributed by atoms with Crippen molar-refractivity contribution >= 4 is 0 Å². The standard InChI is InChI=1S/C9H7F5N2/c1-5(2-15)6(3-16)7(9(12,13)14)4-8(7,10)11/h5-6H,4H2,1H3. The lowest BCUT2D eigenvalue weighted by atomic mass is 9.80. The number of rotatable bonds is 2. The van der Waals surface area contributed by atoms with Crippen LogP contribution in [0.1, 0.15) is 13.3 Å². The van der Waals surface area contributed by atoms with Crippen LogP contribution in [0.25, 0.3) is 0 Å². The van der Waals surface area contributed by atoms with E-state index in [4.69, 9.17) is 10.5 Å². The summed E-state index contributed by atoms with van der Waals surface area (Å²) in [5.41, 5.74) is -3.34. The third kappa shape index (κ3) is 1.42. The summed E-state index contributed by atoms with van der Waals surface area (Å²) in [4.78, 5) is 0. The molecule has 1 saturated carbocycles. The zero-order chi connectivity index (χ0) is 12.8. The Labute approximate surface area is 88.3 Å². The van der Waals surface area contributed by atoms with Gasteiger partial charge in [-0.15, -0.1) is 0 Å². The fraction of sp³-hybridized carbons (Fsp3) is 0.778. The molecule has 0 radical (unpaired) electrons. The van der Waals surface area contributed by atoms with Gasteiger partial charge in [0.1, 0.15) is 0 Å². The van der Waals surface area contributed by atoms with Crippen molar-refractivity contribution in [2.45, 2.75) is 25.4 Å². The summed E-state index contributed by atoms with van der Waals surface area (Å²) in [6.07, 6.45) is -6.59. The lowest BCUT2D eigenvalue weighted by Crippen LogP contribution is -2.39. The van der Waals surface area contributed by atoms with Gasteiger partial charge in [-0.3, -0.25) is 0 Å². The largest absolute Gasteiger partial charge is 0.401 e. The second-order valence-electron chi connectivity index (χ2n) is 3.87. The van der Waals surface area contributed by atoms with Crippen molar-refractivity contribution < 1.29 is 22.0 Å². The van der Waals surface area contributed by atoms with E-state index in [2.05, 4.69) is 0 Å². The quantitative estimate of drug-likeness (QED) is 0.694. The van der Waals surface area contributed by atoms with Crippen LogP contribution in [0.5, 0.6) is 0 Å². The Kier molecular flexibility index (Phi) is 2.63. The summed E-state index contributed by atoms with van der Waals surface area (Å²) >= 11 is 0. The Morgan fingerprint density at radius 1 is 1.19 bits per heavy atom. The maximum absolute atomic E-state index is 12.9. The molecule has 16 heavy (non-hydrogen) atoms. The minimum absolute atomic E-state index is 1.04. The van der Waals surface area contributed by atoms with Gasteiger partial charge in [0.15, 0.2) is 5.41 Å². The monoisotopic (exact) mass is 238 g/mol. The summed E-state index contributed by atoms with van der Waals surface area (Å²) in [7, 11) is 0. The van der Waals surface area contributed by atoms with Crippen molar-refractivity contribution in [3.63, 3.8) is 0 Å². The van der Waals surface area contributed by atoms with Crippen LogP contribution in [0.3, 0.4) is 0 Å². The summed E-state index contributed by atoms with van der Waals surface area (Å²) < 4.78 is 63.6. The highest BCUT2D eigenvalue weighted by atomic mass is 19.4. The SMILES string of the molecule is CC(C#N)C(C#N)C1(C(F)(F)F)CC1(F)F. The molecule has 0 N–H and O–H groups in total. The van der Waals surface area contributed by atoms with Crippen molar-refractivity contribution in [1.29, 1.82) is 10.5 Å². The predicted octanol–water partition coefficient (Wildman–Crippen LogP) is 2.87. The lowest BCUT2D eigenvalue weighted by molar-refractivity contribution is -0.225. The van der Waals surface area contributed by atoms with Crippen LogP contribution in [-0.2, 0) is 0 Å². The first-order valence-electron chi connectivity index (χ1n) is 4.38. The molecule has 0 spiro atoms. The topological polar surface area (TPSA) is 47.6 Å². The molecule has 3 atom stereocenters. The van der Waals surface area contributed by atoms with Crippen LogP contribution in [0.2, 0.25) is 0 Å². The first-order valence-corrected chi connectivity index (χ1v) is 4.38. The zero-order valence-corrected chi connectivity index (χ0v) is 8.15. The van der Waals surface area contributed by atoms with Gasteiger partial charge >= 0.3 is 6.18 Å². The molecular weight excluding hydrogens is 231 g/mol. The van der Waals surface area contributed by atoms with E-state index in [9.17, 15) is 22.0 Å². The van der Waals surface area contributed by atoms with E-state index in [1.165, 1.54) is 12.1 Å². The molecule has 0 aromatic rings. The van der Waals surface area contributed by atoms with Crippen molar-refractivity contribution in [3.8, 4) is 12.1 Å². The highest BCUT2D eigenvalue weighted by Gasteiger charge is 2.87. The van der Waals surface area contributed by atoms with Crippen molar-refractivity contribution in [2.24, 2.45) is 17.3 Å². The fourth-order valence-electron chi connectivity index (χ4n) is 1.85. The van der Waals surface area contributed by atoms with E-state index in [-0.39, 0.29) is 0 Å². The number of halogens is 5. The summed E-state index contributed by atoms with van der Waals surface area (Å²) in [5, 5.41) is 17.0. The van der Waals surface area contributed by atoms with Gasteiger partial charge in [0.05, 0.1) is 24.0 Å². The Balaban J connectivity index is 3.18. The molecule has 0 saturated heterocycles. The second kappa shape index (κ2) is 3.31. The highest BCUT2D eigenvalue weighted by Crippen LogP contribution is 2.72. The molecule has 1 aliphatic rings. The Hall–Kier alpha value is -1.37. The average Bonchev–Trinajstić information content (AvgIpc) is 2.71. The molecule has 1 fully saturated rings. The summed E-state index contributed by atoms with van der Waals surface area (Å²) in [5.74, 6) is -7.37. The first kappa shape index (κ1) is 12.7. The minimum atomic E-state index is -5.18. The van der Waals surface area contributed by atoms with Gasteiger partial charge in [-0.05, 0) is 6.92 Å². The van der Waals surface area contributed by atoms with E-state index in [1.807, 2.05) is 0 Å². The number of hydrogen-bond acceptors (Lipinski definition) is 2. The number of hydrogen-bond donors (Lipinski definition) is 0. The van der Waals surface area contributed by atoms with Crippen molar-refractivity contribution in [3.05, 3.63) is 0 Å². The fourth-order valence-corrected chi connectivity index (χ4v) is 1.85. The van der Waals surface area contributed by atoms with Gasteiger partial charge < -0.3 is 0 Å². The van der Waals surface area contributed by atoms with Crippen LogP contribution in [0, 0.1) is 39.9 Å². The smallest absolute Gasteiger partial charge is 0.206 e. The molecule has 0 bridgehead atoms. The molecule has 0 amide bonds. The van der Waals surface area contributed by atoms with Crippen molar-refractivity contribution in [2.75, 3.05) is 0 Å². The van der Waals surface area contributed by atoms with Gasteiger partial charge in [0, 0.05) is 6.42 Å². The van der Waals surface area contributed by atoms with Gasteiger partial charge in [-0.1, -0.05) is 0 Å². The van der Waals surface area contributed by atoms with Crippen LogP contribution < -0.4 is 0 Å². The molecule has 0 aromatic heterocycles. The normalized spacial score (nSPS) is 31.0. The molecule has 2 nitrogen and oxygen atoms in total. The van der Waals surface area contributed by atoms with Crippen LogP contribution in [0.15, 0.2) is 0 Å². The van der Waals surface area contributed by atoms with Gasteiger partial charge in [0.2, 0.25) is 0 Å². The van der Waals surface area contributed by atoms with Gasteiger partial charge in [-0.2, -0.15) is 23.7 Å².